The maximum absolute atomic E-state index is 9.47. The van der Waals surface area contributed by atoms with Crippen LogP contribution in [0.25, 0.3) is 0 Å². The Morgan fingerprint density at radius 1 is 1.24 bits per heavy atom. The van der Waals surface area contributed by atoms with Crippen molar-refractivity contribution in [2.75, 3.05) is 0 Å². The molecule has 0 bridgehead atoms. The third-order valence-electron chi connectivity index (χ3n) is 2.50. The summed E-state index contributed by atoms with van der Waals surface area (Å²) in [7, 11) is 0. The Hall–Kier alpha value is -1.87. The molecule has 0 saturated heterocycles. The first-order valence-corrected chi connectivity index (χ1v) is 5.55. The van der Waals surface area contributed by atoms with Crippen LogP contribution in [0.4, 0.5) is 0 Å². The van der Waals surface area contributed by atoms with Crippen LogP contribution >= 0.6 is 0 Å². The molecule has 0 fully saturated rings. The molecule has 3 heteroatoms. The lowest BCUT2D eigenvalue weighted by Crippen LogP contribution is -1.97. The second kappa shape index (κ2) is 5.46. The van der Waals surface area contributed by atoms with Crippen LogP contribution in [-0.4, -0.2) is 10.1 Å². The normalized spacial score (nSPS) is 12.1. The van der Waals surface area contributed by atoms with E-state index in [0.717, 1.165) is 16.9 Å². The number of hydrogen-bond acceptors (Lipinski definition) is 3. The molecule has 1 unspecified atom stereocenters. The molecule has 17 heavy (non-hydrogen) atoms. The van der Waals surface area contributed by atoms with E-state index < -0.39 is 6.10 Å². The van der Waals surface area contributed by atoms with Gasteiger partial charge in [-0.15, -0.1) is 0 Å². The van der Waals surface area contributed by atoms with Gasteiger partial charge in [0.15, 0.2) is 0 Å². The summed E-state index contributed by atoms with van der Waals surface area (Å²) < 4.78 is 5.64. The van der Waals surface area contributed by atoms with Gasteiger partial charge < -0.3 is 9.84 Å². The Kier molecular flexibility index (Phi) is 3.73. The Morgan fingerprint density at radius 3 is 2.71 bits per heavy atom. The van der Waals surface area contributed by atoms with E-state index in [0.29, 0.717) is 6.61 Å². The Morgan fingerprint density at radius 2 is 2.00 bits per heavy atom. The lowest BCUT2D eigenvalue weighted by Gasteiger charge is -2.09. The average Bonchev–Trinajstić information content (AvgIpc) is 2.38. The number of aliphatic hydroxyl groups is 1. The van der Waals surface area contributed by atoms with Crippen molar-refractivity contribution in [3.63, 3.8) is 0 Å². The summed E-state index contributed by atoms with van der Waals surface area (Å²) in [6, 6.07) is 11.3. The van der Waals surface area contributed by atoms with Gasteiger partial charge in [0.1, 0.15) is 12.4 Å². The predicted octanol–water partition coefficient (Wildman–Crippen LogP) is 2.71. The number of aliphatic hydroxyl groups excluding tert-OH is 1. The maximum Gasteiger partial charge on any atom is 0.120 e. The van der Waals surface area contributed by atoms with Crippen molar-refractivity contribution in [3.8, 4) is 5.75 Å². The highest BCUT2D eigenvalue weighted by atomic mass is 16.5. The minimum Gasteiger partial charge on any atom is -0.489 e. The van der Waals surface area contributed by atoms with E-state index in [4.69, 9.17) is 4.74 Å². The summed E-state index contributed by atoms with van der Waals surface area (Å²) in [5.41, 5.74) is 1.93. The molecule has 3 nitrogen and oxygen atoms in total. The SMILES string of the molecule is CC(O)c1cccc(OCc2ccncc2)c1. The van der Waals surface area contributed by atoms with E-state index in [1.807, 2.05) is 36.4 Å². The summed E-state index contributed by atoms with van der Waals surface area (Å²) in [4.78, 5) is 3.95. The number of ether oxygens (including phenoxy) is 1. The fourth-order valence-electron chi connectivity index (χ4n) is 1.51. The average molecular weight is 229 g/mol. The summed E-state index contributed by atoms with van der Waals surface area (Å²) in [5, 5.41) is 9.47. The lowest BCUT2D eigenvalue weighted by molar-refractivity contribution is 0.198. The van der Waals surface area contributed by atoms with Gasteiger partial charge in [0.25, 0.3) is 0 Å². The van der Waals surface area contributed by atoms with Crippen molar-refractivity contribution in [2.45, 2.75) is 19.6 Å². The quantitative estimate of drug-likeness (QED) is 0.876. The molecule has 1 heterocycles. The van der Waals surface area contributed by atoms with E-state index in [-0.39, 0.29) is 0 Å². The molecule has 1 atom stereocenters. The highest BCUT2D eigenvalue weighted by Gasteiger charge is 2.02. The van der Waals surface area contributed by atoms with Gasteiger partial charge in [0, 0.05) is 12.4 Å². The van der Waals surface area contributed by atoms with Crippen LogP contribution in [0.1, 0.15) is 24.2 Å². The van der Waals surface area contributed by atoms with Gasteiger partial charge in [0.05, 0.1) is 6.10 Å². The van der Waals surface area contributed by atoms with Gasteiger partial charge in [-0.05, 0) is 42.3 Å². The molecule has 0 amide bonds. The van der Waals surface area contributed by atoms with Crippen molar-refractivity contribution >= 4 is 0 Å². The molecule has 0 aliphatic carbocycles. The van der Waals surface area contributed by atoms with Crippen LogP contribution in [0.15, 0.2) is 48.8 Å². The van der Waals surface area contributed by atoms with Crippen molar-refractivity contribution in [1.29, 1.82) is 0 Å². The first kappa shape index (κ1) is 11.6. The summed E-state index contributed by atoms with van der Waals surface area (Å²) in [6.45, 7) is 2.24. The smallest absolute Gasteiger partial charge is 0.120 e. The zero-order valence-corrected chi connectivity index (χ0v) is 9.71. The van der Waals surface area contributed by atoms with Crippen molar-refractivity contribution in [1.82, 2.24) is 4.98 Å². The molecule has 0 spiro atoms. The fraction of sp³-hybridized carbons (Fsp3) is 0.214. The van der Waals surface area contributed by atoms with Gasteiger partial charge in [0.2, 0.25) is 0 Å². The third kappa shape index (κ3) is 3.29. The Bertz CT molecular complexity index is 469. The molecule has 2 rings (SSSR count). The second-order valence-corrected chi connectivity index (χ2v) is 3.89. The topological polar surface area (TPSA) is 42.4 Å². The van der Waals surface area contributed by atoms with Crippen LogP contribution in [0.3, 0.4) is 0 Å². The summed E-state index contributed by atoms with van der Waals surface area (Å²) in [5.74, 6) is 0.764. The molecule has 1 aromatic heterocycles. The van der Waals surface area contributed by atoms with Gasteiger partial charge >= 0.3 is 0 Å². The Balaban J connectivity index is 2.02. The second-order valence-electron chi connectivity index (χ2n) is 3.89. The zero-order chi connectivity index (χ0) is 12.1. The molecule has 2 aromatic rings. The number of pyridine rings is 1. The van der Waals surface area contributed by atoms with Gasteiger partial charge in [-0.25, -0.2) is 0 Å². The highest BCUT2D eigenvalue weighted by molar-refractivity contribution is 5.29. The largest absolute Gasteiger partial charge is 0.489 e. The number of benzene rings is 1. The van der Waals surface area contributed by atoms with Gasteiger partial charge in [-0.1, -0.05) is 12.1 Å². The minimum absolute atomic E-state index is 0.473. The Labute approximate surface area is 101 Å². The van der Waals surface area contributed by atoms with Crippen LogP contribution in [0.2, 0.25) is 0 Å². The van der Waals surface area contributed by atoms with E-state index in [1.54, 1.807) is 19.3 Å². The van der Waals surface area contributed by atoms with Gasteiger partial charge in [-0.2, -0.15) is 0 Å². The van der Waals surface area contributed by atoms with E-state index in [1.165, 1.54) is 0 Å². The summed E-state index contributed by atoms with van der Waals surface area (Å²) in [6.07, 6.45) is 3.01. The highest BCUT2D eigenvalue weighted by Crippen LogP contribution is 2.19. The predicted molar refractivity (Wildman–Crippen MR) is 65.6 cm³/mol. The zero-order valence-electron chi connectivity index (χ0n) is 9.71. The molecule has 1 aromatic carbocycles. The molecule has 0 radical (unpaired) electrons. The molecule has 88 valence electrons. The van der Waals surface area contributed by atoms with Crippen LogP contribution in [-0.2, 0) is 6.61 Å². The standard InChI is InChI=1S/C14H15NO2/c1-11(16)13-3-2-4-14(9-13)17-10-12-5-7-15-8-6-12/h2-9,11,16H,10H2,1H3. The van der Waals surface area contributed by atoms with E-state index in [2.05, 4.69) is 4.98 Å². The third-order valence-corrected chi connectivity index (χ3v) is 2.50. The maximum atomic E-state index is 9.47. The minimum atomic E-state index is -0.473. The molecule has 0 aliphatic heterocycles. The first-order chi connectivity index (χ1) is 8.25. The van der Waals surface area contributed by atoms with Crippen LogP contribution in [0.5, 0.6) is 5.75 Å². The number of nitrogens with zero attached hydrogens (tertiary/aromatic N) is 1. The fourth-order valence-corrected chi connectivity index (χ4v) is 1.51. The number of hydrogen-bond donors (Lipinski definition) is 1. The molecular weight excluding hydrogens is 214 g/mol. The van der Waals surface area contributed by atoms with Gasteiger partial charge in [-0.3, -0.25) is 4.98 Å². The van der Waals surface area contributed by atoms with Crippen LogP contribution < -0.4 is 4.74 Å². The lowest BCUT2D eigenvalue weighted by atomic mass is 10.1. The van der Waals surface area contributed by atoms with Crippen molar-refractivity contribution in [3.05, 3.63) is 59.9 Å². The van der Waals surface area contributed by atoms with Crippen LogP contribution in [0, 0.1) is 0 Å². The molecule has 1 N–H and O–H groups in total. The van der Waals surface area contributed by atoms with Crippen molar-refractivity contribution < 1.29 is 9.84 Å². The van der Waals surface area contributed by atoms with E-state index >= 15 is 0 Å². The van der Waals surface area contributed by atoms with Crippen molar-refractivity contribution in [2.24, 2.45) is 0 Å². The first-order valence-electron chi connectivity index (χ1n) is 5.55. The van der Waals surface area contributed by atoms with E-state index in [9.17, 15) is 5.11 Å². The monoisotopic (exact) mass is 229 g/mol. The number of aromatic nitrogens is 1. The molecule has 0 aliphatic rings. The molecule has 0 saturated carbocycles. The summed E-state index contributed by atoms with van der Waals surface area (Å²) >= 11 is 0. The molecular formula is C14H15NO2. The number of rotatable bonds is 4.